The van der Waals surface area contributed by atoms with Crippen molar-refractivity contribution in [2.24, 2.45) is 0 Å². The van der Waals surface area contributed by atoms with Crippen LogP contribution in [0.15, 0.2) is 73.1 Å². The SMILES string of the molecule is Nc1nccn2c(N3CCC(O)C3)nc(-c3ccc4ccc(-c5ccccc5)nc4c3)c12. The van der Waals surface area contributed by atoms with Gasteiger partial charge in [-0.25, -0.2) is 15.0 Å². The molecule has 5 aromatic rings. The fourth-order valence-corrected chi connectivity index (χ4v) is 4.43. The van der Waals surface area contributed by atoms with Crippen molar-refractivity contribution in [1.82, 2.24) is 19.4 Å². The number of rotatable bonds is 3. The molecule has 0 radical (unpaired) electrons. The van der Waals surface area contributed by atoms with Gasteiger partial charge in [0.25, 0.3) is 0 Å². The summed E-state index contributed by atoms with van der Waals surface area (Å²) in [7, 11) is 0. The Kier molecular flexibility index (Phi) is 4.29. The Labute approximate surface area is 184 Å². The number of nitrogens with two attached hydrogens (primary N) is 1. The Morgan fingerprint density at radius 1 is 0.969 bits per heavy atom. The van der Waals surface area contributed by atoms with E-state index in [1.165, 1.54) is 0 Å². The Balaban J connectivity index is 1.51. The molecule has 7 nitrogen and oxygen atoms in total. The van der Waals surface area contributed by atoms with Crippen molar-refractivity contribution >= 4 is 28.2 Å². The lowest BCUT2D eigenvalue weighted by molar-refractivity contribution is 0.198. The fraction of sp³-hybridized carbons (Fsp3) is 0.160. The van der Waals surface area contributed by atoms with Crippen LogP contribution in [0.5, 0.6) is 0 Å². The van der Waals surface area contributed by atoms with Crippen LogP contribution in [0.25, 0.3) is 38.9 Å². The zero-order valence-corrected chi connectivity index (χ0v) is 17.4. The smallest absolute Gasteiger partial charge is 0.211 e. The third kappa shape index (κ3) is 3.06. The number of anilines is 2. The van der Waals surface area contributed by atoms with E-state index < -0.39 is 0 Å². The second-order valence-corrected chi connectivity index (χ2v) is 8.15. The van der Waals surface area contributed by atoms with E-state index in [0.717, 1.165) is 57.8 Å². The maximum atomic E-state index is 10.0. The van der Waals surface area contributed by atoms with Crippen LogP contribution in [-0.2, 0) is 0 Å². The van der Waals surface area contributed by atoms with E-state index in [1.807, 2.05) is 40.9 Å². The largest absolute Gasteiger partial charge is 0.391 e. The average Bonchev–Trinajstić information content (AvgIpc) is 3.43. The van der Waals surface area contributed by atoms with Crippen molar-refractivity contribution in [3.8, 4) is 22.5 Å². The predicted molar refractivity (Wildman–Crippen MR) is 126 cm³/mol. The number of imidazole rings is 1. The first kappa shape index (κ1) is 18.8. The highest BCUT2D eigenvalue weighted by atomic mass is 16.3. The minimum absolute atomic E-state index is 0.341. The first-order chi connectivity index (χ1) is 15.7. The number of aromatic nitrogens is 4. The van der Waals surface area contributed by atoms with Crippen molar-refractivity contribution in [2.45, 2.75) is 12.5 Å². The van der Waals surface area contributed by atoms with Crippen molar-refractivity contribution in [1.29, 1.82) is 0 Å². The van der Waals surface area contributed by atoms with Crippen LogP contribution >= 0.6 is 0 Å². The molecule has 7 heteroatoms. The minimum atomic E-state index is -0.341. The molecule has 1 fully saturated rings. The van der Waals surface area contributed by atoms with Gasteiger partial charge in [0.1, 0.15) is 17.0 Å². The van der Waals surface area contributed by atoms with E-state index in [1.54, 1.807) is 6.20 Å². The molecule has 3 N–H and O–H groups in total. The number of hydrogen-bond donors (Lipinski definition) is 2. The molecule has 0 aliphatic carbocycles. The maximum Gasteiger partial charge on any atom is 0.211 e. The van der Waals surface area contributed by atoms with E-state index in [-0.39, 0.29) is 6.10 Å². The van der Waals surface area contributed by atoms with E-state index in [9.17, 15) is 5.11 Å². The van der Waals surface area contributed by atoms with Gasteiger partial charge in [-0.05, 0) is 18.6 Å². The van der Waals surface area contributed by atoms with Crippen molar-refractivity contribution in [2.75, 3.05) is 23.7 Å². The fourth-order valence-electron chi connectivity index (χ4n) is 4.43. The van der Waals surface area contributed by atoms with Crippen LogP contribution in [0.2, 0.25) is 0 Å². The summed E-state index contributed by atoms with van der Waals surface area (Å²) in [4.78, 5) is 16.2. The third-order valence-electron chi connectivity index (χ3n) is 6.05. The Morgan fingerprint density at radius 3 is 2.62 bits per heavy atom. The molecular weight excluding hydrogens is 400 g/mol. The number of benzene rings is 2. The van der Waals surface area contributed by atoms with Gasteiger partial charge in [0.05, 0.1) is 17.3 Å². The summed E-state index contributed by atoms with van der Waals surface area (Å²) in [5.41, 5.74) is 11.7. The molecule has 3 aromatic heterocycles. The third-order valence-corrected chi connectivity index (χ3v) is 6.05. The van der Waals surface area contributed by atoms with Gasteiger partial charge in [-0.15, -0.1) is 0 Å². The van der Waals surface area contributed by atoms with Gasteiger partial charge in [-0.1, -0.05) is 48.5 Å². The number of pyridine rings is 1. The summed E-state index contributed by atoms with van der Waals surface area (Å²) < 4.78 is 1.97. The van der Waals surface area contributed by atoms with Crippen LogP contribution in [0.1, 0.15) is 6.42 Å². The van der Waals surface area contributed by atoms with Gasteiger partial charge in [-0.2, -0.15) is 0 Å². The number of aliphatic hydroxyl groups is 1. The van der Waals surface area contributed by atoms with E-state index in [4.69, 9.17) is 15.7 Å². The van der Waals surface area contributed by atoms with Crippen molar-refractivity contribution < 1.29 is 5.11 Å². The first-order valence-corrected chi connectivity index (χ1v) is 10.7. The van der Waals surface area contributed by atoms with Gasteiger partial charge in [0.15, 0.2) is 0 Å². The summed E-state index contributed by atoms with van der Waals surface area (Å²) in [5.74, 6) is 1.19. The Morgan fingerprint density at radius 2 is 1.81 bits per heavy atom. The molecule has 158 valence electrons. The monoisotopic (exact) mass is 422 g/mol. The average molecular weight is 422 g/mol. The van der Waals surface area contributed by atoms with E-state index in [0.29, 0.717) is 12.4 Å². The molecule has 32 heavy (non-hydrogen) atoms. The molecule has 0 saturated carbocycles. The summed E-state index contributed by atoms with van der Waals surface area (Å²) >= 11 is 0. The van der Waals surface area contributed by atoms with Crippen LogP contribution in [-0.4, -0.2) is 43.7 Å². The Hall–Kier alpha value is -3.97. The summed E-state index contributed by atoms with van der Waals surface area (Å²) in [6.07, 6.45) is 3.94. The number of β-amino-alcohol motifs (C(OH)–C–C–N with tert-alkyl or cyclic N) is 1. The molecule has 2 aromatic carbocycles. The van der Waals surface area contributed by atoms with Gasteiger partial charge in [0, 0.05) is 42.0 Å². The number of nitrogen functional groups attached to an aromatic ring is 1. The van der Waals surface area contributed by atoms with E-state index >= 15 is 0 Å². The highest BCUT2D eigenvalue weighted by Gasteiger charge is 2.26. The normalized spacial score (nSPS) is 16.3. The zero-order valence-electron chi connectivity index (χ0n) is 17.4. The van der Waals surface area contributed by atoms with Crippen LogP contribution in [0.3, 0.4) is 0 Å². The topological polar surface area (TPSA) is 92.6 Å². The molecule has 1 unspecified atom stereocenters. The highest BCUT2D eigenvalue weighted by molar-refractivity contribution is 5.92. The quantitative estimate of drug-likeness (QED) is 0.460. The van der Waals surface area contributed by atoms with Gasteiger partial charge >= 0.3 is 0 Å². The molecule has 0 bridgehead atoms. The number of fused-ring (bicyclic) bond motifs is 2. The molecule has 6 rings (SSSR count). The zero-order chi connectivity index (χ0) is 21.7. The summed E-state index contributed by atoms with van der Waals surface area (Å²) in [6.45, 7) is 1.31. The first-order valence-electron chi connectivity index (χ1n) is 10.7. The van der Waals surface area contributed by atoms with Crippen LogP contribution in [0.4, 0.5) is 11.8 Å². The lowest BCUT2D eigenvalue weighted by atomic mass is 10.1. The number of nitrogens with zero attached hydrogens (tertiary/aromatic N) is 5. The van der Waals surface area contributed by atoms with Crippen molar-refractivity contribution in [3.05, 3.63) is 73.1 Å². The molecular formula is C25H22N6O. The van der Waals surface area contributed by atoms with E-state index in [2.05, 4.69) is 40.2 Å². The maximum absolute atomic E-state index is 10.0. The predicted octanol–water partition coefficient (Wildman–Crippen LogP) is 3.76. The second-order valence-electron chi connectivity index (χ2n) is 8.15. The standard InChI is InChI=1S/C25H22N6O/c26-24-23-22(29-25(31(23)13-11-27-24)30-12-10-19(32)15-30)18-7-6-17-8-9-20(28-21(17)14-18)16-4-2-1-3-5-16/h1-9,11,13-14,19,32H,10,12,15H2,(H2,26,27). The molecule has 1 atom stereocenters. The lowest BCUT2D eigenvalue weighted by Gasteiger charge is -2.15. The molecule has 0 amide bonds. The summed E-state index contributed by atoms with van der Waals surface area (Å²) in [6, 6.07) is 20.4. The van der Waals surface area contributed by atoms with Gasteiger partial charge in [-0.3, -0.25) is 4.40 Å². The number of hydrogen-bond acceptors (Lipinski definition) is 6. The minimum Gasteiger partial charge on any atom is -0.391 e. The van der Waals surface area contributed by atoms with Crippen LogP contribution in [0, 0.1) is 0 Å². The lowest BCUT2D eigenvalue weighted by Crippen LogP contribution is -2.23. The highest BCUT2D eigenvalue weighted by Crippen LogP contribution is 2.34. The van der Waals surface area contributed by atoms with Gasteiger partial charge < -0.3 is 15.7 Å². The molecule has 1 aliphatic heterocycles. The Bertz CT molecular complexity index is 1450. The van der Waals surface area contributed by atoms with Crippen molar-refractivity contribution in [3.63, 3.8) is 0 Å². The molecule has 4 heterocycles. The van der Waals surface area contributed by atoms with Crippen LogP contribution < -0.4 is 10.6 Å². The van der Waals surface area contributed by atoms with Gasteiger partial charge in [0.2, 0.25) is 5.95 Å². The summed E-state index contributed by atoms with van der Waals surface area (Å²) in [5, 5.41) is 11.1. The molecule has 1 saturated heterocycles. The molecule has 0 spiro atoms. The second kappa shape index (κ2) is 7.32. The molecule has 1 aliphatic rings. The number of aliphatic hydroxyl groups excluding tert-OH is 1.